The van der Waals surface area contributed by atoms with Gasteiger partial charge in [0.25, 0.3) is 11.8 Å². The van der Waals surface area contributed by atoms with E-state index in [1.807, 2.05) is 56.3 Å². The Labute approximate surface area is 158 Å². The van der Waals surface area contributed by atoms with Gasteiger partial charge >= 0.3 is 6.03 Å². The number of imide groups is 2. The first-order valence-electron chi connectivity index (χ1n) is 8.58. The van der Waals surface area contributed by atoms with Crippen LogP contribution in [0.5, 0.6) is 0 Å². The number of aryl methyl sites for hydroxylation is 2. The summed E-state index contributed by atoms with van der Waals surface area (Å²) in [6.45, 7) is 5.58. The second-order valence-electron chi connectivity index (χ2n) is 6.60. The number of carbonyl (C=O) groups excluding carboxylic acids is 3. The van der Waals surface area contributed by atoms with E-state index < -0.39 is 17.8 Å². The average Bonchev–Trinajstić information content (AvgIpc) is 2.58. The lowest BCUT2D eigenvalue weighted by atomic mass is 10.0. The van der Waals surface area contributed by atoms with Gasteiger partial charge in [-0.2, -0.15) is 0 Å². The third-order valence-electron chi connectivity index (χ3n) is 4.13. The van der Waals surface area contributed by atoms with Crippen LogP contribution in [0.3, 0.4) is 0 Å². The van der Waals surface area contributed by atoms with Crippen LogP contribution in [0.15, 0.2) is 65.8 Å². The van der Waals surface area contributed by atoms with E-state index in [0.29, 0.717) is 5.69 Å². The van der Waals surface area contributed by atoms with Crippen molar-refractivity contribution >= 4 is 29.6 Å². The number of amides is 4. The largest absolute Gasteiger partial charge is 0.335 e. The first-order chi connectivity index (χ1) is 12.8. The summed E-state index contributed by atoms with van der Waals surface area (Å²) in [4.78, 5) is 38.4. The van der Waals surface area contributed by atoms with Gasteiger partial charge in [0, 0.05) is 0 Å². The Morgan fingerprint density at radius 2 is 1.59 bits per heavy atom. The number of rotatable bonds is 3. The molecule has 0 unspecified atom stereocenters. The molecular formula is C22H20N2O3. The van der Waals surface area contributed by atoms with E-state index in [9.17, 15) is 14.4 Å². The van der Waals surface area contributed by atoms with Crippen molar-refractivity contribution in [3.63, 3.8) is 0 Å². The van der Waals surface area contributed by atoms with Gasteiger partial charge in [-0.05, 0) is 61.2 Å². The number of nitrogens with one attached hydrogen (secondary N) is 1. The highest BCUT2D eigenvalue weighted by Crippen LogP contribution is 2.24. The molecule has 3 rings (SSSR count). The molecule has 5 heteroatoms. The molecule has 0 atom stereocenters. The summed E-state index contributed by atoms with van der Waals surface area (Å²) >= 11 is 0. The van der Waals surface area contributed by atoms with Gasteiger partial charge in [-0.1, -0.05) is 42.5 Å². The van der Waals surface area contributed by atoms with E-state index >= 15 is 0 Å². The van der Waals surface area contributed by atoms with Crippen LogP contribution in [0.1, 0.15) is 23.6 Å². The normalized spacial score (nSPS) is 16.7. The molecule has 1 N–H and O–H groups in total. The van der Waals surface area contributed by atoms with Gasteiger partial charge < -0.3 is 0 Å². The van der Waals surface area contributed by atoms with E-state index in [2.05, 4.69) is 5.32 Å². The smallest absolute Gasteiger partial charge is 0.273 e. The Balaban J connectivity index is 1.98. The Morgan fingerprint density at radius 3 is 2.22 bits per heavy atom. The summed E-state index contributed by atoms with van der Waals surface area (Å²) in [5.74, 6) is -1.32. The number of barbiturate groups is 1. The van der Waals surface area contributed by atoms with Crippen molar-refractivity contribution in [3.05, 3.63) is 82.4 Å². The molecule has 5 nitrogen and oxygen atoms in total. The van der Waals surface area contributed by atoms with Crippen LogP contribution in [0, 0.1) is 13.8 Å². The highest BCUT2D eigenvalue weighted by atomic mass is 16.2. The molecule has 2 aromatic rings. The molecule has 0 spiro atoms. The van der Waals surface area contributed by atoms with Crippen LogP contribution in [0.2, 0.25) is 0 Å². The molecule has 1 fully saturated rings. The molecule has 0 aliphatic carbocycles. The molecule has 0 saturated carbocycles. The second kappa shape index (κ2) is 7.41. The quantitative estimate of drug-likeness (QED) is 0.666. The molecule has 2 aromatic carbocycles. The van der Waals surface area contributed by atoms with E-state index in [-0.39, 0.29) is 5.57 Å². The highest BCUT2D eigenvalue weighted by Gasteiger charge is 2.36. The van der Waals surface area contributed by atoms with Crippen molar-refractivity contribution in [1.82, 2.24) is 5.32 Å². The summed E-state index contributed by atoms with van der Waals surface area (Å²) in [6.07, 6.45) is 3.37. The average molecular weight is 360 g/mol. The molecule has 4 amide bonds. The van der Waals surface area contributed by atoms with Crippen LogP contribution < -0.4 is 10.2 Å². The number of hydrogen-bond acceptors (Lipinski definition) is 3. The number of nitrogens with zero attached hydrogens (tertiary/aromatic N) is 1. The minimum Gasteiger partial charge on any atom is -0.273 e. The van der Waals surface area contributed by atoms with Gasteiger partial charge in [-0.25, -0.2) is 9.69 Å². The predicted octanol–water partition coefficient (Wildman–Crippen LogP) is 3.92. The van der Waals surface area contributed by atoms with E-state index in [1.165, 1.54) is 6.08 Å². The van der Waals surface area contributed by atoms with Gasteiger partial charge in [0.2, 0.25) is 0 Å². The summed E-state index contributed by atoms with van der Waals surface area (Å²) in [7, 11) is 0. The maximum atomic E-state index is 12.9. The fourth-order valence-electron chi connectivity index (χ4n) is 3.05. The third kappa shape index (κ3) is 4.03. The summed E-state index contributed by atoms with van der Waals surface area (Å²) in [6, 6.07) is 14.3. The zero-order chi connectivity index (χ0) is 19.6. The Morgan fingerprint density at radius 1 is 0.963 bits per heavy atom. The Bertz CT molecular complexity index is 968. The molecule has 1 aliphatic rings. The summed E-state index contributed by atoms with van der Waals surface area (Å²) in [5, 5.41) is 2.25. The minimum absolute atomic E-state index is 0.0709. The van der Waals surface area contributed by atoms with Crippen molar-refractivity contribution in [2.24, 2.45) is 0 Å². The van der Waals surface area contributed by atoms with Gasteiger partial charge in [0.1, 0.15) is 5.57 Å². The zero-order valence-electron chi connectivity index (χ0n) is 15.4. The molecule has 27 heavy (non-hydrogen) atoms. The molecule has 0 bridgehead atoms. The van der Waals surface area contributed by atoms with Gasteiger partial charge in [-0.3, -0.25) is 14.9 Å². The van der Waals surface area contributed by atoms with E-state index in [0.717, 1.165) is 27.2 Å². The number of hydrogen-bond donors (Lipinski definition) is 1. The van der Waals surface area contributed by atoms with Gasteiger partial charge in [0.15, 0.2) is 0 Å². The molecular weight excluding hydrogens is 340 g/mol. The molecule has 1 heterocycles. The number of anilines is 1. The third-order valence-corrected chi connectivity index (χ3v) is 4.13. The predicted molar refractivity (Wildman–Crippen MR) is 105 cm³/mol. The topological polar surface area (TPSA) is 66.5 Å². The van der Waals surface area contributed by atoms with Crippen LogP contribution in [0.25, 0.3) is 6.08 Å². The maximum absolute atomic E-state index is 12.9. The Kier molecular flexibility index (Phi) is 5.03. The second-order valence-corrected chi connectivity index (χ2v) is 6.60. The van der Waals surface area contributed by atoms with E-state index in [4.69, 9.17) is 0 Å². The van der Waals surface area contributed by atoms with E-state index in [1.54, 1.807) is 19.1 Å². The van der Waals surface area contributed by atoms with Gasteiger partial charge in [-0.15, -0.1) is 0 Å². The van der Waals surface area contributed by atoms with Crippen molar-refractivity contribution in [1.29, 1.82) is 0 Å². The Hall–Kier alpha value is -3.47. The van der Waals surface area contributed by atoms with Crippen LogP contribution in [-0.4, -0.2) is 17.8 Å². The fraction of sp³-hybridized carbons (Fsp3) is 0.136. The fourth-order valence-corrected chi connectivity index (χ4v) is 3.05. The van der Waals surface area contributed by atoms with Crippen molar-refractivity contribution in [3.8, 4) is 0 Å². The first-order valence-corrected chi connectivity index (χ1v) is 8.58. The van der Waals surface area contributed by atoms with Crippen LogP contribution >= 0.6 is 0 Å². The van der Waals surface area contributed by atoms with Crippen LogP contribution in [0.4, 0.5) is 10.5 Å². The van der Waals surface area contributed by atoms with Crippen LogP contribution in [-0.2, 0) is 9.59 Å². The number of allylic oxidation sites excluding steroid dienone is 2. The van der Waals surface area contributed by atoms with Crippen molar-refractivity contribution in [2.75, 3.05) is 4.90 Å². The molecule has 136 valence electrons. The summed E-state index contributed by atoms with van der Waals surface area (Å²) in [5.41, 5.74) is 3.91. The van der Waals surface area contributed by atoms with Crippen molar-refractivity contribution in [2.45, 2.75) is 20.8 Å². The minimum atomic E-state index is -0.739. The molecule has 1 aliphatic heterocycles. The monoisotopic (exact) mass is 360 g/mol. The molecule has 0 aromatic heterocycles. The van der Waals surface area contributed by atoms with Gasteiger partial charge in [0.05, 0.1) is 5.69 Å². The summed E-state index contributed by atoms with van der Waals surface area (Å²) < 4.78 is 0. The maximum Gasteiger partial charge on any atom is 0.335 e. The molecule has 0 radical (unpaired) electrons. The number of urea groups is 1. The molecule has 1 saturated heterocycles. The number of benzene rings is 2. The van der Waals surface area contributed by atoms with Crippen molar-refractivity contribution < 1.29 is 14.4 Å². The SMILES string of the molecule is CC(=C\c1ccccc1)/C=C1\C(=O)NC(=O)N(c2cc(C)cc(C)c2)C1=O. The standard InChI is InChI=1S/C22H20N2O3/c1-14-9-15(2)12-18(11-14)24-21(26)19(20(25)23-22(24)27)13-16(3)10-17-7-5-4-6-8-17/h4-13H,1-3H3,(H,23,25,27)/b16-10+,19-13+. The first kappa shape index (κ1) is 18.3. The number of carbonyl (C=O) groups is 3. The highest BCUT2D eigenvalue weighted by molar-refractivity contribution is 6.37. The lowest BCUT2D eigenvalue weighted by Gasteiger charge is -2.27. The lowest BCUT2D eigenvalue weighted by molar-refractivity contribution is -0.122. The zero-order valence-corrected chi connectivity index (χ0v) is 15.4. The lowest BCUT2D eigenvalue weighted by Crippen LogP contribution is -2.54.